The van der Waals surface area contributed by atoms with Gasteiger partial charge < -0.3 is 15.2 Å². The number of carbonyl (C=O) groups is 1. The highest BCUT2D eigenvalue weighted by molar-refractivity contribution is 5.76. The molecule has 0 aliphatic carbocycles. The number of benzene rings is 1. The first kappa shape index (κ1) is 12.4. The summed E-state index contributed by atoms with van der Waals surface area (Å²) in [5.41, 5.74) is 3.23. The lowest BCUT2D eigenvalue weighted by atomic mass is 10.1. The van der Waals surface area contributed by atoms with Gasteiger partial charge in [-0.1, -0.05) is 6.07 Å². The van der Waals surface area contributed by atoms with Gasteiger partial charge in [-0.3, -0.25) is 0 Å². The Morgan fingerprint density at radius 3 is 3.00 bits per heavy atom. The van der Waals surface area contributed by atoms with Crippen LogP contribution in [-0.4, -0.2) is 41.5 Å². The van der Waals surface area contributed by atoms with E-state index in [2.05, 4.69) is 27.4 Å². The van der Waals surface area contributed by atoms with E-state index < -0.39 is 0 Å². The molecular formula is C13H18N4O. The molecule has 0 bridgehead atoms. The number of H-pyrrole nitrogens is 1. The van der Waals surface area contributed by atoms with Crippen LogP contribution in [-0.2, 0) is 6.42 Å². The van der Waals surface area contributed by atoms with Gasteiger partial charge >= 0.3 is 6.03 Å². The summed E-state index contributed by atoms with van der Waals surface area (Å²) in [7, 11) is 3.43. The lowest BCUT2D eigenvalue weighted by Gasteiger charge is -2.16. The number of aryl methyl sites for hydroxylation is 1. The largest absolute Gasteiger partial charge is 0.342 e. The molecule has 0 aliphatic rings. The molecule has 2 aromatic rings. The summed E-state index contributed by atoms with van der Waals surface area (Å²) in [6, 6.07) is 6.09. The smallest absolute Gasteiger partial charge is 0.316 e. The van der Waals surface area contributed by atoms with Crippen molar-refractivity contribution in [3.63, 3.8) is 0 Å². The van der Waals surface area contributed by atoms with E-state index in [1.54, 1.807) is 19.0 Å². The molecule has 0 unspecified atom stereocenters. The van der Waals surface area contributed by atoms with Crippen molar-refractivity contribution < 1.29 is 4.79 Å². The standard InChI is InChI=1S/C13H18N4O/c1-9-15-11-5-4-10(8-12(11)16-9)6-7-17(3)13(18)14-2/h4-5,8H,6-7H2,1-3H3,(H,14,18)(H,15,16). The number of carbonyl (C=O) groups excluding carboxylic acids is 1. The molecule has 2 rings (SSSR count). The molecule has 0 saturated heterocycles. The lowest BCUT2D eigenvalue weighted by molar-refractivity contribution is 0.211. The van der Waals surface area contributed by atoms with E-state index in [0.29, 0.717) is 6.54 Å². The molecule has 18 heavy (non-hydrogen) atoms. The molecule has 0 fully saturated rings. The molecule has 0 aliphatic heterocycles. The van der Waals surface area contributed by atoms with Crippen LogP contribution in [0.5, 0.6) is 0 Å². The maximum absolute atomic E-state index is 11.3. The number of nitrogens with one attached hydrogen (secondary N) is 2. The summed E-state index contributed by atoms with van der Waals surface area (Å²) in [6.07, 6.45) is 0.831. The first-order valence-corrected chi connectivity index (χ1v) is 5.98. The Balaban J connectivity index is 2.05. The van der Waals surface area contributed by atoms with Gasteiger partial charge in [-0.2, -0.15) is 0 Å². The Morgan fingerprint density at radius 1 is 1.50 bits per heavy atom. The van der Waals surface area contributed by atoms with E-state index in [9.17, 15) is 4.79 Å². The minimum Gasteiger partial charge on any atom is -0.342 e. The zero-order valence-corrected chi connectivity index (χ0v) is 10.9. The van der Waals surface area contributed by atoms with Gasteiger partial charge in [0.1, 0.15) is 5.82 Å². The average molecular weight is 246 g/mol. The molecule has 0 spiro atoms. The number of urea groups is 1. The normalized spacial score (nSPS) is 10.6. The van der Waals surface area contributed by atoms with Crippen molar-refractivity contribution in [2.24, 2.45) is 0 Å². The predicted octanol–water partition coefficient (Wildman–Crippen LogP) is 1.69. The number of imidazole rings is 1. The van der Waals surface area contributed by atoms with Crippen LogP contribution in [0.2, 0.25) is 0 Å². The molecule has 2 N–H and O–H groups in total. The van der Waals surface area contributed by atoms with Crippen LogP contribution < -0.4 is 5.32 Å². The fraction of sp³-hybridized carbons (Fsp3) is 0.385. The minimum atomic E-state index is -0.0616. The molecule has 5 nitrogen and oxygen atoms in total. The third-order valence-corrected chi connectivity index (χ3v) is 2.96. The number of aromatic amines is 1. The second-order valence-corrected chi connectivity index (χ2v) is 4.40. The van der Waals surface area contributed by atoms with Gasteiger partial charge in [0.2, 0.25) is 0 Å². The highest BCUT2D eigenvalue weighted by Crippen LogP contribution is 2.14. The van der Waals surface area contributed by atoms with Crippen molar-refractivity contribution in [1.82, 2.24) is 20.2 Å². The maximum atomic E-state index is 11.3. The number of hydrogen-bond acceptors (Lipinski definition) is 2. The second kappa shape index (κ2) is 5.08. The third kappa shape index (κ3) is 2.61. The fourth-order valence-corrected chi connectivity index (χ4v) is 1.93. The Bertz CT molecular complexity index is 561. The zero-order valence-electron chi connectivity index (χ0n) is 10.9. The van der Waals surface area contributed by atoms with Gasteiger partial charge in [-0.15, -0.1) is 0 Å². The maximum Gasteiger partial charge on any atom is 0.316 e. The highest BCUT2D eigenvalue weighted by Gasteiger charge is 2.06. The first-order valence-electron chi connectivity index (χ1n) is 5.98. The average Bonchev–Trinajstić information content (AvgIpc) is 2.74. The van der Waals surface area contributed by atoms with Crippen molar-refractivity contribution in [1.29, 1.82) is 0 Å². The first-order chi connectivity index (χ1) is 8.60. The van der Waals surface area contributed by atoms with Gasteiger partial charge in [0.25, 0.3) is 0 Å². The number of nitrogens with zero attached hydrogens (tertiary/aromatic N) is 2. The van der Waals surface area contributed by atoms with Crippen molar-refractivity contribution >= 4 is 17.1 Å². The molecule has 0 radical (unpaired) electrons. The summed E-state index contributed by atoms with van der Waals surface area (Å²) >= 11 is 0. The third-order valence-electron chi connectivity index (χ3n) is 2.96. The van der Waals surface area contributed by atoms with Gasteiger partial charge in [-0.05, 0) is 31.0 Å². The topological polar surface area (TPSA) is 61.0 Å². The molecule has 2 amide bonds. The van der Waals surface area contributed by atoms with E-state index in [4.69, 9.17) is 0 Å². The van der Waals surface area contributed by atoms with E-state index in [1.165, 1.54) is 5.56 Å². The zero-order chi connectivity index (χ0) is 13.1. The SMILES string of the molecule is CNC(=O)N(C)CCc1ccc2nc(C)[nH]c2c1. The molecule has 1 heterocycles. The molecule has 0 saturated carbocycles. The van der Waals surface area contributed by atoms with Crippen molar-refractivity contribution in [2.45, 2.75) is 13.3 Å². The van der Waals surface area contributed by atoms with Crippen LogP contribution in [0.25, 0.3) is 11.0 Å². The van der Waals surface area contributed by atoms with Crippen molar-refractivity contribution in [3.8, 4) is 0 Å². The van der Waals surface area contributed by atoms with Gasteiger partial charge in [0.15, 0.2) is 0 Å². The molecule has 5 heteroatoms. The molecule has 1 aromatic carbocycles. The highest BCUT2D eigenvalue weighted by atomic mass is 16.2. The van der Waals surface area contributed by atoms with E-state index in [0.717, 1.165) is 23.3 Å². The molecular weight excluding hydrogens is 228 g/mol. The van der Waals surface area contributed by atoms with E-state index in [1.807, 2.05) is 13.0 Å². The second-order valence-electron chi connectivity index (χ2n) is 4.40. The number of aromatic nitrogens is 2. The molecule has 1 aromatic heterocycles. The number of hydrogen-bond donors (Lipinski definition) is 2. The van der Waals surface area contributed by atoms with Crippen LogP contribution >= 0.6 is 0 Å². The monoisotopic (exact) mass is 246 g/mol. The number of likely N-dealkylation sites (N-methyl/N-ethyl adjacent to an activating group) is 1. The Hall–Kier alpha value is -2.04. The number of rotatable bonds is 3. The lowest BCUT2D eigenvalue weighted by Crippen LogP contribution is -2.36. The summed E-state index contributed by atoms with van der Waals surface area (Å²) in [5.74, 6) is 0.921. The van der Waals surface area contributed by atoms with Crippen molar-refractivity contribution in [3.05, 3.63) is 29.6 Å². The quantitative estimate of drug-likeness (QED) is 0.865. The van der Waals surface area contributed by atoms with E-state index in [-0.39, 0.29) is 6.03 Å². The summed E-state index contributed by atoms with van der Waals surface area (Å²) in [4.78, 5) is 20.6. The van der Waals surface area contributed by atoms with Crippen LogP contribution in [0.3, 0.4) is 0 Å². The summed E-state index contributed by atoms with van der Waals surface area (Å²) in [6.45, 7) is 2.64. The van der Waals surface area contributed by atoms with Crippen LogP contribution in [0, 0.1) is 6.92 Å². The van der Waals surface area contributed by atoms with Gasteiger partial charge in [-0.25, -0.2) is 9.78 Å². The Morgan fingerprint density at radius 2 is 2.28 bits per heavy atom. The van der Waals surface area contributed by atoms with Gasteiger partial charge in [0, 0.05) is 20.6 Å². The molecule has 0 atom stereocenters. The molecule has 96 valence electrons. The Kier molecular flexibility index (Phi) is 3.50. The van der Waals surface area contributed by atoms with E-state index >= 15 is 0 Å². The van der Waals surface area contributed by atoms with Crippen molar-refractivity contribution in [2.75, 3.05) is 20.6 Å². The summed E-state index contributed by atoms with van der Waals surface area (Å²) in [5, 5.41) is 2.60. The minimum absolute atomic E-state index is 0.0616. The number of amides is 2. The van der Waals surface area contributed by atoms with Crippen LogP contribution in [0.4, 0.5) is 4.79 Å². The summed E-state index contributed by atoms with van der Waals surface area (Å²) < 4.78 is 0. The van der Waals surface area contributed by atoms with Gasteiger partial charge in [0.05, 0.1) is 11.0 Å². The van der Waals surface area contributed by atoms with Crippen LogP contribution in [0.15, 0.2) is 18.2 Å². The van der Waals surface area contributed by atoms with Crippen LogP contribution in [0.1, 0.15) is 11.4 Å². The number of fused-ring (bicyclic) bond motifs is 1. The Labute approximate surface area is 106 Å². The predicted molar refractivity (Wildman–Crippen MR) is 71.6 cm³/mol. The fourth-order valence-electron chi connectivity index (χ4n) is 1.93.